The van der Waals surface area contributed by atoms with Crippen LogP contribution in [-0.4, -0.2) is 97.3 Å². The molecule has 1 aromatic heterocycles. The fourth-order valence-corrected chi connectivity index (χ4v) is 6.77. The molecule has 0 radical (unpaired) electrons. The molecule has 14 heteroatoms. The first kappa shape index (κ1) is 34.4. The van der Waals surface area contributed by atoms with Gasteiger partial charge in [-0.3, -0.25) is 14.8 Å². The van der Waals surface area contributed by atoms with Crippen LogP contribution < -0.4 is 9.47 Å². The monoisotopic (exact) mass is 689 g/mol. The zero-order valence-corrected chi connectivity index (χ0v) is 27.5. The number of ether oxygens (including phenoxy) is 5. The Hall–Kier alpha value is -1.93. The highest BCUT2D eigenvalue weighted by atomic mass is 35.5. The summed E-state index contributed by atoms with van der Waals surface area (Å²) in [6.07, 6.45) is 5.16. The average Bonchev–Trinajstić information content (AvgIpc) is 3.74. The highest BCUT2D eigenvalue weighted by molar-refractivity contribution is 8.00. The Morgan fingerprint density at radius 2 is 1.89 bits per heavy atom. The summed E-state index contributed by atoms with van der Waals surface area (Å²) in [7, 11) is 0. The molecule has 1 saturated carbocycles. The number of pyridine rings is 1. The Bertz CT molecular complexity index is 1250. The van der Waals surface area contributed by atoms with E-state index in [1.54, 1.807) is 12.1 Å². The van der Waals surface area contributed by atoms with E-state index in [4.69, 9.17) is 46.9 Å². The minimum Gasteiger partial charge on any atom is -0.489 e. The summed E-state index contributed by atoms with van der Waals surface area (Å²) in [6, 6.07) is 4.57. The Kier molecular flexibility index (Phi) is 12.8. The number of alkyl halides is 2. The van der Waals surface area contributed by atoms with Crippen molar-refractivity contribution >= 4 is 40.9 Å². The first-order chi connectivity index (χ1) is 21.8. The molecule has 5 rings (SSSR count). The molecule has 0 amide bonds. The Labute approximate surface area is 276 Å². The lowest BCUT2D eigenvalue weighted by molar-refractivity contribution is -0.154. The molecule has 9 nitrogen and oxygen atoms in total. The van der Waals surface area contributed by atoms with E-state index in [2.05, 4.69) is 9.88 Å². The predicted molar refractivity (Wildman–Crippen MR) is 168 cm³/mol. The number of carbonyl (C=O) groups is 1. The Morgan fingerprint density at radius 1 is 1.13 bits per heavy atom. The molecule has 3 aliphatic rings. The molecule has 0 N–H and O–H groups in total. The number of halogens is 4. The van der Waals surface area contributed by atoms with Crippen molar-refractivity contribution in [3.05, 3.63) is 51.8 Å². The number of esters is 1. The van der Waals surface area contributed by atoms with Gasteiger partial charge in [-0.1, -0.05) is 29.3 Å². The molecule has 0 spiro atoms. The first-order valence-corrected chi connectivity index (χ1v) is 17.0. The second-order valence-corrected chi connectivity index (χ2v) is 13.4. The standard InChI is InChI=1S/C31H39Cl2F2N3O6S/c1-20(6-7-37-8-11-40-12-9-37)42-19-38-10-13-45-29(38)30(39)43-27(15-23-24(32)16-36-17-25(23)33)22-4-5-26(44-31(34)35)28(14-22)41-18-21-2-3-21/h4-5,14,16-17,20-21,27,29,31H,2-3,6-13,15,18-19H2,1H3/t20?,27-,29-/m0/s1. The Balaban J connectivity index is 1.28. The van der Waals surface area contributed by atoms with Crippen LogP contribution in [0.3, 0.4) is 0 Å². The number of rotatable bonds is 16. The fourth-order valence-electron chi connectivity index (χ4n) is 5.12. The summed E-state index contributed by atoms with van der Waals surface area (Å²) in [6.45, 7) is 4.67. The molecule has 2 aromatic rings. The minimum absolute atomic E-state index is 0.0156. The van der Waals surface area contributed by atoms with Crippen LogP contribution in [-0.2, 0) is 25.4 Å². The summed E-state index contributed by atoms with van der Waals surface area (Å²) in [4.78, 5) is 22.1. The summed E-state index contributed by atoms with van der Waals surface area (Å²) >= 11 is 14.4. The Morgan fingerprint density at radius 3 is 2.60 bits per heavy atom. The zero-order chi connectivity index (χ0) is 31.8. The van der Waals surface area contributed by atoms with Gasteiger partial charge in [-0.25, -0.2) is 4.79 Å². The second kappa shape index (κ2) is 16.8. The maximum Gasteiger partial charge on any atom is 0.387 e. The summed E-state index contributed by atoms with van der Waals surface area (Å²) in [5.41, 5.74) is 1.08. The van der Waals surface area contributed by atoms with E-state index in [1.165, 1.54) is 30.2 Å². The van der Waals surface area contributed by atoms with Crippen molar-refractivity contribution in [3.8, 4) is 11.5 Å². The van der Waals surface area contributed by atoms with Gasteiger partial charge in [-0.15, -0.1) is 11.8 Å². The molecule has 2 saturated heterocycles. The van der Waals surface area contributed by atoms with Gasteiger partial charge in [0.1, 0.15) is 12.8 Å². The van der Waals surface area contributed by atoms with E-state index in [0.717, 1.165) is 57.9 Å². The van der Waals surface area contributed by atoms with Crippen molar-refractivity contribution < 1.29 is 37.3 Å². The van der Waals surface area contributed by atoms with Crippen LogP contribution in [0.25, 0.3) is 0 Å². The number of hydrogen-bond acceptors (Lipinski definition) is 10. The van der Waals surface area contributed by atoms with Crippen LogP contribution in [0.1, 0.15) is 43.4 Å². The van der Waals surface area contributed by atoms with Gasteiger partial charge in [0.05, 0.1) is 36.0 Å². The molecule has 1 unspecified atom stereocenters. The van der Waals surface area contributed by atoms with Crippen LogP contribution >= 0.6 is 35.0 Å². The summed E-state index contributed by atoms with van der Waals surface area (Å²) in [5, 5.41) is 0.0693. The normalized spacial score (nSPS) is 20.7. The van der Waals surface area contributed by atoms with E-state index in [-0.39, 0.29) is 24.0 Å². The number of benzene rings is 1. The van der Waals surface area contributed by atoms with Gasteiger partial charge in [0.2, 0.25) is 0 Å². The van der Waals surface area contributed by atoms with Crippen molar-refractivity contribution in [1.29, 1.82) is 0 Å². The molecule has 2 aliphatic heterocycles. The van der Waals surface area contributed by atoms with E-state index in [0.29, 0.717) is 47.0 Å². The molecule has 0 bridgehead atoms. The van der Waals surface area contributed by atoms with E-state index < -0.39 is 24.1 Å². The SMILES string of the molecule is CC(CCN1CCOCC1)OCN1CCS[C@H]1C(=O)O[C@@H](Cc1c(Cl)cncc1Cl)c1ccc(OC(F)F)c(OCC2CC2)c1. The highest BCUT2D eigenvalue weighted by Crippen LogP contribution is 2.38. The maximum atomic E-state index is 13.7. The van der Waals surface area contributed by atoms with Gasteiger partial charge >= 0.3 is 12.6 Å². The van der Waals surface area contributed by atoms with Crippen molar-refractivity contribution in [2.75, 3.05) is 58.5 Å². The number of aromatic nitrogens is 1. The van der Waals surface area contributed by atoms with Crippen molar-refractivity contribution in [3.63, 3.8) is 0 Å². The molecule has 45 heavy (non-hydrogen) atoms. The van der Waals surface area contributed by atoms with Gasteiger partial charge in [0, 0.05) is 50.7 Å². The van der Waals surface area contributed by atoms with Crippen molar-refractivity contribution in [1.82, 2.24) is 14.8 Å². The van der Waals surface area contributed by atoms with Gasteiger partial charge < -0.3 is 23.7 Å². The number of morpholine rings is 1. The van der Waals surface area contributed by atoms with E-state index in [1.807, 2.05) is 11.8 Å². The molecule has 1 aliphatic carbocycles. The zero-order valence-electron chi connectivity index (χ0n) is 25.2. The third-order valence-electron chi connectivity index (χ3n) is 8.00. The molecular weight excluding hydrogens is 651 g/mol. The number of nitrogens with zero attached hydrogens (tertiary/aromatic N) is 3. The van der Waals surface area contributed by atoms with Crippen molar-refractivity contribution in [2.24, 2.45) is 5.92 Å². The smallest absolute Gasteiger partial charge is 0.387 e. The van der Waals surface area contributed by atoms with Crippen LogP contribution in [0, 0.1) is 5.92 Å². The van der Waals surface area contributed by atoms with Crippen LogP contribution in [0.5, 0.6) is 11.5 Å². The summed E-state index contributed by atoms with van der Waals surface area (Å²) < 4.78 is 54.6. The molecule has 3 heterocycles. The lowest BCUT2D eigenvalue weighted by atomic mass is 10.0. The predicted octanol–water partition coefficient (Wildman–Crippen LogP) is 6.07. The largest absolute Gasteiger partial charge is 0.489 e. The van der Waals surface area contributed by atoms with E-state index in [9.17, 15) is 13.6 Å². The highest BCUT2D eigenvalue weighted by Gasteiger charge is 2.35. The third-order valence-corrected chi connectivity index (χ3v) is 9.87. The lowest BCUT2D eigenvalue weighted by Gasteiger charge is -2.29. The average molecular weight is 691 g/mol. The first-order valence-electron chi connectivity index (χ1n) is 15.2. The molecule has 248 valence electrons. The number of hydrogen-bond donors (Lipinski definition) is 0. The number of thioether (sulfide) groups is 1. The lowest BCUT2D eigenvalue weighted by Crippen LogP contribution is -2.40. The number of carbonyl (C=O) groups excluding carboxylic acids is 1. The molecule has 3 atom stereocenters. The van der Waals surface area contributed by atoms with E-state index >= 15 is 0 Å². The molecule has 3 fully saturated rings. The quantitative estimate of drug-likeness (QED) is 0.194. The summed E-state index contributed by atoms with van der Waals surface area (Å²) in [5.74, 6) is 0.755. The van der Waals surface area contributed by atoms with Gasteiger partial charge in [0.15, 0.2) is 16.9 Å². The second-order valence-electron chi connectivity index (χ2n) is 11.4. The molecular formula is C31H39Cl2F2N3O6S. The van der Waals surface area contributed by atoms with Crippen LogP contribution in [0.4, 0.5) is 8.78 Å². The van der Waals surface area contributed by atoms with Crippen LogP contribution in [0.2, 0.25) is 10.0 Å². The van der Waals surface area contributed by atoms with Crippen molar-refractivity contribution in [2.45, 2.75) is 56.8 Å². The third kappa shape index (κ3) is 10.3. The van der Waals surface area contributed by atoms with Gasteiger partial charge in [-0.2, -0.15) is 8.78 Å². The maximum absolute atomic E-state index is 13.7. The van der Waals surface area contributed by atoms with Gasteiger partial charge in [-0.05, 0) is 55.4 Å². The van der Waals surface area contributed by atoms with Gasteiger partial charge in [0.25, 0.3) is 0 Å². The van der Waals surface area contributed by atoms with Crippen LogP contribution in [0.15, 0.2) is 30.6 Å². The molecule has 1 aromatic carbocycles. The topological polar surface area (TPSA) is 82.6 Å². The minimum atomic E-state index is -3.02. The fraction of sp³-hybridized carbons (Fsp3) is 0.613.